The first-order chi connectivity index (χ1) is 12.0. The molecule has 25 heavy (non-hydrogen) atoms. The van der Waals surface area contributed by atoms with E-state index in [0.717, 1.165) is 23.1 Å². The lowest BCUT2D eigenvalue weighted by molar-refractivity contribution is 0.0941. The van der Waals surface area contributed by atoms with Crippen LogP contribution in [0.15, 0.2) is 47.8 Å². The van der Waals surface area contributed by atoms with Crippen molar-refractivity contribution in [3.63, 3.8) is 0 Å². The summed E-state index contributed by atoms with van der Waals surface area (Å²) in [5.74, 6) is -2.42. The molecule has 0 aliphatic rings. The fourth-order valence-electron chi connectivity index (χ4n) is 2.76. The number of rotatable bonds is 5. The smallest absolute Gasteiger partial charge is 0.251 e. The van der Waals surface area contributed by atoms with E-state index < -0.39 is 17.5 Å². The van der Waals surface area contributed by atoms with Crippen molar-refractivity contribution < 1.29 is 13.6 Å². The number of hydrogen-bond acceptors (Lipinski definition) is 3. The van der Waals surface area contributed by atoms with Gasteiger partial charge in [-0.05, 0) is 54.7 Å². The number of hydrogen-bond donors (Lipinski definition) is 1. The number of amides is 1. The minimum atomic E-state index is -1.03. The van der Waals surface area contributed by atoms with Crippen LogP contribution in [-0.2, 0) is 0 Å². The van der Waals surface area contributed by atoms with Gasteiger partial charge in [-0.15, -0.1) is 11.3 Å². The second-order valence-corrected chi connectivity index (χ2v) is 6.92. The van der Waals surface area contributed by atoms with Crippen molar-refractivity contribution in [2.75, 3.05) is 20.6 Å². The molecule has 0 bridgehead atoms. The average Bonchev–Trinajstić information content (AvgIpc) is 3.01. The molecule has 0 aliphatic carbocycles. The van der Waals surface area contributed by atoms with Crippen LogP contribution in [0.3, 0.4) is 0 Å². The van der Waals surface area contributed by atoms with Crippen molar-refractivity contribution in [2.24, 2.45) is 0 Å². The Morgan fingerprint density at radius 3 is 2.64 bits per heavy atom. The van der Waals surface area contributed by atoms with Crippen LogP contribution in [0.4, 0.5) is 8.78 Å². The molecule has 1 amide bonds. The highest BCUT2D eigenvalue weighted by Crippen LogP contribution is 2.32. The van der Waals surface area contributed by atoms with Gasteiger partial charge in [-0.1, -0.05) is 18.2 Å². The van der Waals surface area contributed by atoms with E-state index in [-0.39, 0.29) is 11.6 Å². The average molecular weight is 360 g/mol. The lowest BCUT2D eigenvalue weighted by atomic mass is 10.0. The molecule has 0 radical (unpaired) electrons. The fraction of sp³-hybridized carbons (Fsp3) is 0.211. The van der Waals surface area contributed by atoms with Gasteiger partial charge in [0.2, 0.25) is 0 Å². The van der Waals surface area contributed by atoms with E-state index in [1.165, 1.54) is 10.8 Å². The van der Waals surface area contributed by atoms with Crippen molar-refractivity contribution >= 4 is 27.3 Å². The third-order valence-electron chi connectivity index (χ3n) is 4.13. The number of fused-ring (bicyclic) bond motifs is 1. The Kier molecular flexibility index (Phi) is 5.11. The molecule has 130 valence electrons. The number of carbonyl (C=O) groups excluding carboxylic acids is 1. The molecule has 6 heteroatoms. The minimum Gasteiger partial charge on any atom is -0.350 e. The Bertz CT molecular complexity index is 907. The largest absolute Gasteiger partial charge is 0.350 e. The lowest BCUT2D eigenvalue weighted by Crippen LogP contribution is -2.34. The Morgan fingerprint density at radius 2 is 1.92 bits per heavy atom. The van der Waals surface area contributed by atoms with E-state index in [1.807, 2.05) is 31.1 Å². The first-order valence-electron chi connectivity index (χ1n) is 7.83. The molecule has 1 aromatic heterocycles. The minimum absolute atomic E-state index is 0.0228. The highest BCUT2D eigenvalue weighted by molar-refractivity contribution is 7.17. The maximum Gasteiger partial charge on any atom is 0.251 e. The standard InChI is InChI=1S/C19H18F2N2OS/c1-23(2)17(14-11-25-18-6-4-3-5-13(14)18)10-22-19(24)12-7-8-15(20)16(21)9-12/h3-9,11,17H,10H2,1-2H3,(H,22,24)/t17-/m1/s1. The van der Waals surface area contributed by atoms with Gasteiger partial charge in [0.15, 0.2) is 11.6 Å². The fourth-order valence-corrected chi connectivity index (χ4v) is 3.76. The predicted octanol–water partition coefficient (Wildman–Crippen LogP) is 4.21. The van der Waals surface area contributed by atoms with Gasteiger partial charge < -0.3 is 10.2 Å². The Morgan fingerprint density at radius 1 is 1.16 bits per heavy atom. The molecular formula is C19H18F2N2OS. The monoisotopic (exact) mass is 360 g/mol. The van der Waals surface area contributed by atoms with Gasteiger partial charge in [0.05, 0.1) is 6.04 Å². The SMILES string of the molecule is CN(C)[C@H](CNC(=O)c1ccc(F)c(F)c1)c1csc2ccccc12. The van der Waals surface area contributed by atoms with Crippen molar-refractivity contribution in [2.45, 2.75) is 6.04 Å². The topological polar surface area (TPSA) is 32.3 Å². The first-order valence-corrected chi connectivity index (χ1v) is 8.71. The van der Waals surface area contributed by atoms with Crippen LogP contribution >= 0.6 is 11.3 Å². The molecule has 0 unspecified atom stereocenters. The summed E-state index contributed by atoms with van der Waals surface area (Å²) < 4.78 is 27.5. The van der Waals surface area contributed by atoms with Gasteiger partial charge in [-0.2, -0.15) is 0 Å². The lowest BCUT2D eigenvalue weighted by Gasteiger charge is -2.24. The van der Waals surface area contributed by atoms with E-state index >= 15 is 0 Å². The normalized spacial score (nSPS) is 12.5. The van der Waals surface area contributed by atoms with Crippen LogP contribution in [0.25, 0.3) is 10.1 Å². The Hall–Kier alpha value is -2.31. The molecule has 1 N–H and O–H groups in total. The number of thiophene rings is 1. The summed E-state index contributed by atoms with van der Waals surface area (Å²) in [5, 5.41) is 6.07. The molecule has 0 fully saturated rings. The quantitative estimate of drug-likeness (QED) is 0.739. The molecule has 0 aliphatic heterocycles. The highest BCUT2D eigenvalue weighted by Gasteiger charge is 2.19. The third kappa shape index (κ3) is 3.70. The van der Waals surface area contributed by atoms with Crippen LogP contribution in [-0.4, -0.2) is 31.4 Å². The summed E-state index contributed by atoms with van der Waals surface area (Å²) in [6, 6.07) is 11.2. The van der Waals surface area contributed by atoms with Crippen LogP contribution in [0.2, 0.25) is 0 Å². The highest BCUT2D eigenvalue weighted by atomic mass is 32.1. The molecule has 1 atom stereocenters. The second-order valence-electron chi connectivity index (χ2n) is 6.01. The molecule has 3 rings (SSSR count). The van der Waals surface area contributed by atoms with Crippen LogP contribution < -0.4 is 5.32 Å². The van der Waals surface area contributed by atoms with Gasteiger partial charge >= 0.3 is 0 Å². The molecule has 3 aromatic rings. The zero-order chi connectivity index (χ0) is 18.0. The first kappa shape index (κ1) is 17.5. The number of halogens is 2. The number of nitrogens with zero attached hydrogens (tertiary/aromatic N) is 1. The van der Waals surface area contributed by atoms with Crippen molar-refractivity contribution in [1.29, 1.82) is 0 Å². The second kappa shape index (κ2) is 7.29. The summed E-state index contributed by atoms with van der Waals surface area (Å²) in [6.07, 6.45) is 0. The summed E-state index contributed by atoms with van der Waals surface area (Å²) in [5.41, 5.74) is 1.24. The van der Waals surface area contributed by atoms with Crippen LogP contribution in [0.1, 0.15) is 22.0 Å². The summed E-state index contributed by atoms with van der Waals surface area (Å²) >= 11 is 1.66. The van der Waals surface area contributed by atoms with Gasteiger partial charge in [0.1, 0.15) is 0 Å². The van der Waals surface area contributed by atoms with Gasteiger partial charge in [0, 0.05) is 16.8 Å². The number of carbonyl (C=O) groups is 1. The third-order valence-corrected chi connectivity index (χ3v) is 5.11. The number of likely N-dealkylation sites (N-methyl/N-ethyl adjacent to an activating group) is 1. The summed E-state index contributed by atoms with van der Waals surface area (Å²) in [6.45, 7) is 0.367. The maximum atomic E-state index is 13.3. The molecular weight excluding hydrogens is 342 g/mol. The maximum absolute atomic E-state index is 13.3. The van der Waals surface area contributed by atoms with E-state index in [9.17, 15) is 13.6 Å². The Labute approximate surface area is 148 Å². The molecule has 0 spiro atoms. The van der Waals surface area contributed by atoms with E-state index in [0.29, 0.717) is 6.54 Å². The number of benzene rings is 2. The molecule has 2 aromatic carbocycles. The van der Waals surface area contributed by atoms with E-state index in [4.69, 9.17) is 0 Å². The van der Waals surface area contributed by atoms with Gasteiger partial charge in [-0.25, -0.2) is 8.78 Å². The molecule has 0 saturated heterocycles. The van der Waals surface area contributed by atoms with Crippen molar-refractivity contribution in [1.82, 2.24) is 10.2 Å². The molecule has 3 nitrogen and oxygen atoms in total. The molecule has 1 heterocycles. The van der Waals surface area contributed by atoms with Gasteiger partial charge in [0.25, 0.3) is 5.91 Å². The summed E-state index contributed by atoms with van der Waals surface area (Å²) in [7, 11) is 3.89. The predicted molar refractivity (Wildman–Crippen MR) is 96.9 cm³/mol. The van der Waals surface area contributed by atoms with Crippen molar-refractivity contribution in [3.8, 4) is 0 Å². The number of nitrogens with one attached hydrogen (secondary N) is 1. The summed E-state index contributed by atoms with van der Waals surface area (Å²) in [4.78, 5) is 14.3. The zero-order valence-corrected chi connectivity index (χ0v) is 14.7. The van der Waals surface area contributed by atoms with E-state index in [1.54, 1.807) is 11.3 Å². The van der Waals surface area contributed by atoms with Crippen LogP contribution in [0, 0.1) is 11.6 Å². The Balaban J connectivity index is 1.78. The van der Waals surface area contributed by atoms with E-state index in [2.05, 4.69) is 22.8 Å². The van der Waals surface area contributed by atoms with Crippen LogP contribution in [0.5, 0.6) is 0 Å². The zero-order valence-electron chi connectivity index (χ0n) is 13.9. The van der Waals surface area contributed by atoms with Gasteiger partial charge in [-0.3, -0.25) is 4.79 Å². The molecule has 0 saturated carbocycles. The van der Waals surface area contributed by atoms with Crippen molar-refractivity contribution in [3.05, 3.63) is 70.6 Å².